The lowest BCUT2D eigenvalue weighted by Gasteiger charge is -2.39. The van der Waals surface area contributed by atoms with Crippen LogP contribution >= 0.6 is 0 Å². The summed E-state index contributed by atoms with van der Waals surface area (Å²) < 4.78 is 15.1. The summed E-state index contributed by atoms with van der Waals surface area (Å²) >= 11 is 0. The lowest BCUT2D eigenvalue weighted by atomic mass is 10.1. The minimum Gasteiger partial charge on any atom is -0.369 e. The number of piperazine rings is 1. The van der Waals surface area contributed by atoms with Crippen LogP contribution < -0.4 is 4.90 Å². The predicted octanol–water partition coefficient (Wildman–Crippen LogP) is 3.52. The molecule has 0 amide bonds. The number of benzene rings is 2. The zero-order valence-electron chi connectivity index (χ0n) is 16.8. The highest BCUT2D eigenvalue weighted by atomic mass is 19.1. The van der Waals surface area contributed by atoms with Gasteiger partial charge in [-0.3, -0.25) is 4.90 Å². The van der Waals surface area contributed by atoms with Crippen molar-refractivity contribution >= 4 is 5.69 Å². The summed E-state index contributed by atoms with van der Waals surface area (Å²) in [4.78, 5) is 4.93. The third-order valence-electron chi connectivity index (χ3n) is 5.54. The minimum atomic E-state index is -0.231. The molecule has 2 aromatic carbocycles. The number of para-hydroxylation sites is 1. The van der Waals surface area contributed by atoms with E-state index < -0.39 is 0 Å². The topological polar surface area (TPSA) is 50.1 Å². The van der Waals surface area contributed by atoms with Crippen molar-refractivity contribution in [3.63, 3.8) is 0 Å². The molecular weight excluding hydrogens is 367 g/mol. The zero-order chi connectivity index (χ0) is 20.1. The Morgan fingerprint density at radius 1 is 0.966 bits per heavy atom. The molecule has 0 N–H and O–H groups in total. The van der Waals surface area contributed by atoms with Gasteiger partial charge in [-0.05, 0) is 46.7 Å². The van der Waals surface area contributed by atoms with Gasteiger partial charge in [0.15, 0.2) is 5.82 Å². The van der Waals surface area contributed by atoms with Gasteiger partial charge in [0.25, 0.3) is 0 Å². The highest BCUT2D eigenvalue weighted by molar-refractivity contribution is 5.46. The molecule has 0 spiro atoms. The summed E-state index contributed by atoms with van der Waals surface area (Å²) in [5, 5.41) is 12.5. The third-order valence-corrected chi connectivity index (χ3v) is 5.54. The van der Waals surface area contributed by atoms with Crippen molar-refractivity contribution in [2.45, 2.75) is 32.4 Å². The number of hydrogen-bond acceptors (Lipinski definition) is 5. The van der Waals surface area contributed by atoms with Crippen molar-refractivity contribution in [1.82, 2.24) is 25.1 Å². The van der Waals surface area contributed by atoms with Gasteiger partial charge in [0.05, 0.1) is 12.6 Å². The summed E-state index contributed by atoms with van der Waals surface area (Å²) in [7, 11) is 0. The van der Waals surface area contributed by atoms with Crippen molar-refractivity contribution in [3.05, 3.63) is 71.8 Å². The van der Waals surface area contributed by atoms with E-state index in [0.29, 0.717) is 6.54 Å². The smallest absolute Gasteiger partial charge is 0.168 e. The van der Waals surface area contributed by atoms with Crippen LogP contribution in [0.4, 0.5) is 10.1 Å². The molecule has 29 heavy (non-hydrogen) atoms. The zero-order valence-corrected chi connectivity index (χ0v) is 16.8. The fourth-order valence-electron chi connectivity index (χ4n) is 4.00. The second-order valence-electron chi connectivity index (χ2n) is 7.48. The summed E-state index contributed by atoms with van der Waals surface area (Å²) in [6.07, 6.45) is 2.07. The second kappa shape index (κ2) is 9.13. The SMILES string of the molecule is CCC[C@@H](c1nnnn1Cc1ccc(F)cc1)N1CCN(c2ccccc2)CC1. The van der Waals surface area contributed by atoms with Crippen LogP contribution in [0.5, 0.6) is 0 Å². The van der Waals surface area contributed by atoms with Crippen molar-refractivity contribution in [2.75, 3.05) is 31.1 Å². The lowest BCUT2D eigenvalue weighted by Crippen LogP contribution is -2.48. The number of hydrogen-bond donors (Lipinski definition) is 0. The molecule has 1 saturated heterocycles. The predicted molar refractivity (Wildman–Crippen MR) is 111 cm³/mol. The fourth-order valence-corrected chi connectivity index (χ4v) is 4.00. The molecule has 1 aromatic heterocycles. The largest absolute Gasteiger partial charge is 0.369 e. The number of tetrazole rings is 1. The third kappa shape index (κ3) is 4.62. The van der Waals surface area contributed by atoms with Crippen molar-refractivity contribution < 1.29 is 4.39 Å². The second-order valence-corrected chi connectivity index (χ2v) is 7.48. The van der Waals surface area contributed by atoms with Crippen LogP contribution in [-0.2, 0) is 6.54 Å². The first kappa shape index (κ1) is 19.5. The van der Waals surface area contributed by atoms with Crippen LogP contribution in [0.15, 0.2) is 54.6 Å². The molecule has 2 heterocycles. The first-order valence-corrected chi connectivity index (χ1v) is 10.3. The Morgan fingerprint density at radius 3 is 2.38 bits per heavy atom. The van der Waals surface area contributed by atoms with Gasteiger partial charge in [-0.25, -0.2) is 9.07 Å². The maximum Gasteiger partial charge on any atom is 0.168 e. The number of nitrogens with zero attached hydrogens (tertiary/aromatic N) is 6. The van der Waals surface area contributed by atoms with E-state index in [1.165, 1.54) is 17.8 Å². The molecule has 152 valence electrons. The first-order chi connectivity index (χ1) is 14.2. The molecule has 0 bridgehead atoms. The van der Waals surface area contributed by atoms with Crippen LogP contribution in [0.3, 0.4) is 0 Å². The highest BCUT2D eigenvalue weighted by Gasteiger charge is 2.28. The van der Waals surface area contributed by atoms with Gasteiger partial charge in [0.1, 0.15) is 5.82 Å². The van der Waals surface area contributed by atoms with Gasteiger partial charge in [-0.2, -0.15) is 0 Å². The van der Waals surface area contributed by atoms with Gasteiger partial charge < -0.3 is 4.90 Å². The molecule has 1 aliphatic rings. The number of anilines is 1. The summed E-state index contributed by atoms with van der Waals surface area (Å²) in [6, 6.07) is 17.3. The van der Waals surface area contributed by atoms with Gasteiger partial charge >= 0.3 is 0 Å². The Hall–Kier alpha value is -2.80. The highest BCUT2D eigenvalue weighted by Crippen LogP contribution is 2.27. The normalized spacial score (nSPS) is 16.1. The summed E-state index contributed by atoms with van der Waals surface area (Å²) in [6.45, 7) is 6.67. The molecule has 3 aromatic rings. The van der Waals surface area contributed by atoms with Crippen LogP contribution in [0.1, 0.15) is 37.2 Å². The number of aromatic nitrogens is 4. The van der Waals surface area contributed by atoms with E-state index >= 15 is 0 Å². The first-order valence-electron chi connectivity index (χ1n) is 10.3. The van der Waals surface area contributed by atoms with Crippen LogP contribution in [-0.4, -0.2) is 51.3 Å². The van der Waals surface area contributed by atoms with Gasteiger partial charge in [-0.1, -0.05) is 43.7 Å². The fraction of sp³-hybridized carbons (Fsp3) is 0.409. The number of rotatable bonds is 7. The maximum atomic E-state index is 13.2. The quantitative estimate of drug-likeness (QED) is 0.614. The Labute approximate surface area is 170 Å². The monoisotopic (exact) mass is 394 g/mol. The van der Waals surface area contributed by atoms with Crippen LogP contribution in [0.25, 0.3) is 0 Å². The molecule has 0 unspecified atom stereocenters. The van der Waals surface area contributed by atoms with E-state index in [-0.39, 0.29) is 11.9 Å². The maximum absolute atomic E-state index is 13.2. The van der Waals surface area contributed by atoms with E-state index in [1.54, 1.807) is 12.1 Å². The molecule has 0 radical (unpaired) electrons. The van der Waals surface area contributed by atoms with E-state index in [2.05, 4.69) is 62.6 Å². The van der Waals surface area contributed by atoms with E-state index in [4.69, 9.17) is 0 Å². The average Bonchev–Trinajstić information content (AvgIpc) is 3.22. The van der Waals surface area contributed by atoms with Crippen LogP contribution in [0, 0.1) is 5.82 Å². The summed E-state index contributed by atoms with van der Waals surface area (Å²) in [5.74, 6) is 0.662. The molecular formula is C22H27FN6. The number of halogens is 1. The Kier molecular flexibility index (Phi) is 6.14. The Morgan fingerprint density at radius 2 is 1.69 bits per heavy atom. The van der Waals surface area contributed by atoms with E-state index in [0.717, 1.165) is 50.4 Å². The standard InChI is InChI=1S/C22H27FN6/c1-2-6-21(28-15-13-27(14-16-28)20-7-4-3-5-8-20)22-24-25-26-29(22)17-18-9-11-19(23)12-10-18/h3-5,7-12,21H,2,6,13-17H2,1H3/t21-/m0/s1. The average molecular weight is 394 g/mol. The molecule has 4 rings (SSSR count). The lowest BCUT2D eigenvalue weighted by molar-refractivity contribution is 0.164. The molecule has 1 aliphatic heterocycles. The Balaban J connectivity index is 1.47. The molecule has 7 heteroatoms. The summed E-state index contributed by atoms with van der Waals surface area (Å²) in [5.41, 5.74) is 2.27. The van der Waals surface area contributed by atoms with Crippen molar-refractivity contribution in [3.8, 4) is 0 Å². The van der Waals surface area contributed by atoms with Gasteiger partial charge in [0.2, 0.25) is 0 Å². The minimum absolute atomic E-state index is 0.188. The van der Waals surface area contributed by atoms with E-state index in [9.17, 15) is 4.39 Å². The van der Waals surface area contributed by atoms with Crippen LogP contribution in [0.2, 0.25) is 0 Å². The van der Waals surface area contributed by atoms with Gasteiger partial charge in [-0.15, -0.1) is 5.10 Å². The van der Waals surface area contributed by atoms with E-state index in [1.807, 2.05) is 4.68 Å². The van der Waals surface area contributed by atoms with Gasteiger partial charge in [0, 0.05) is 31.9 Å². The molecule has 6 nitrogen and oxygen atoms in total. The Bertz CT molecular complexity index is 887. The molecule has 1 atom stereocenters. The molecule has 1 fully saturated rings. The molecule has 0 aliphatic carbocycles. The van der Waals surface area contributed by atoms with Crippen molar-refractivity contribution in [2.24, 2.45) is 0 Å². The molecule has 0 saturated carbocycles. The van der Waals surface area contributed by atoms with Crippen molar-refractivity contribution in [1.29, 1.82) is 0 Å².